The van der Waals surface area contributed by atoms with Crippen molar-refractivity contribution in [3.05, 3.63) is 47.7 Å². The average molecular weight is 673 g/mol. The van der Waals surface area contributed by atoms with E-state index in [0.717, 1.165) is 94.3 Å². The zero-order valence-corrected chi connectivity index (χ0v) is 28.6. The van der Waals surface area contributed by atoms with E-state index in [1.165, 1.54) is 7.05 Å². The fraction of sp³-hybridized carbons (Fsp3) is 0.556. The number of nitrogens with zero attached hydrogens (tertiary/aromatic N) is 6. The van der Waals surface area contributed by atoms with E-state index in [4.69, 9.17) is 0 Å². The summed E-state index contributed by atoms with van der Waals surface area (Å²) in [4.78, 5) is 76.1. The highest BCUT2D eigenvalue weighted by Crippen LogP contribution is 2.32. The molecule has 4 aliphatic heterocycles. The van der Waals surface area contributed by atoms with Crippen molar-refractivity contribution in [1.29, 1.82) is 0 Å². The zero-order valence-electron chi connectivity index (χ0n) is 28.6. The first kappa shape index (κ1) is 34.5. The van der Waals surface area contributed by atoms with Gasteiger partial charge in [0.25, 0.3) is 11.8 Å². The van der Waals surface area contributed by atoms with Gasteiger partial charge in [0.15, 0.2) is 0 Å². The first-order valence-corrected chi connectivity index (χ1v) is 17.6. The molecule has 13 nitrogen and oxygen atoms in total. The number of hydrogen-bond donors (Lipinski definition) is 2. The lowest BCUT2D eigenvalue weighted by Gasteiger charge is -2.47. The second-order valence-corrected chi connectivity index (χ2v) is 13.7. The molecule has 4 aliphatic rings. The molecule has 5 heterocycles. The standard InChI is InChI=1S/C36H48N8O5/c1-25-22-43(18-17-42(25)23-26-9-13-41(14-10-26)29-6-8-33(38-21-29)39-24-46)27-11-15-40(16-12-27)28-5-7-30-31(20-28)36(49)44(35(30)48)32(4-3-19-45)34(47)37-2/h5-8,19-21,24-27,32H,3-4,9-18,22-23H2,1-2H3,(H,37,47)(H,38,39,46). The van der Waals surface area contributed by atoms with Crippen molar-refractivity contribution >= 4 is 47.6 Å². The molecule has 262 valence electrons. The highest BCUT2D eigenvalue weighted by molar-refractivity contribution is 6.23. The number of carbonyl (C=O) groups excluding carboxylic acids is 5. The van der Waals surface area contributed by atoms with Gasteiger partial charge in [-0.1, -0.05) is 0 Å². The van der Waals surface area contributed by atoms with Crippen LogP contribution >= 0.6 is 0 Å². The minimum absolute atomic E-state index is 0.0810. The molecule has 3 fully saturated rings. The number of piperazine rings is 1. The maximum Gasteiger partial charge on any atom is 0.262 e. The van der Waals surface area contributed by atoms with Gasteiger partial charge in [-0.2, -0.15) is 0 Å². The summed E-state index contributed by atoms with van der Waals surface area (Å²) in [6.45, 7) is 10.5. The Hall–Kier alpha value is -4.36. The Morgan fingerprint density at radius 3 is 2.27 bits per heavy atom. The van der Waals surface area contributed by atoms with Gasteiger partial charge in [-0.3, -0.25) is 33.9 Å². The Bertz CT molecular complexity index is 1520. The Labute approximate surface area is 288 Å². The van der Waals surface area contributed by atoms with Gasteiger partial charge in [0.2, 0.25) is 12.3 Å². The molecule has 0 aliphatic carbocycles. The lowest BCUT2D eigenvalue weighted by Crippen LogP contribution is -2.57. The van der Waals surface area contributed by atoms with Crippen LogP contribution in [0.3, 0.4) is 0 Å². The number of amides is 4. The van der Waals surface area contributed by atoms with Crippen LogP contribution in [0, 0.1) is 5.92 Å². The van der Waals surface area contributed by atoms with Gasteiger partial charge in [0.05, 0.1) is 23.0 Å². The first-order chi connectivity index (χ1) is 23.8. The number of imide groups is 1. The van der Waals surface area contributed by atoms with E-state index < -0.39 is 23.8 Å². The van der Waals surface area contributed by atoms with E-state index in [1.807, 2.05) is 24.4 Å². The Morgan fingerprint density at radius 2 is 1.61 bits per heavy atom. The van der Waals surface area contributed by atoms with Gasteiger partial charge >= 0.3 is 0 Å². The van der Waals surface area contributed by atoms with Crippen LogP contribution in [0.1, 0.15) is 66.2 Å². The summed E-state index contributed by atoms with van der Waals surface area (Å²) in [6.07, 6.45) is 7.75. The topological polar surface area (TPSA) is 138 Å². The lowest BCUT2D eigenvalue weighted by molar-refractivity contribution is -0.124. The molecule has 1 aromatic heterocycles. The van der Waals surface area contributed by atoms with Crippen molar-refractivity contribution in [2.24, 2.45) is 5.92 Å². The molecule has 3 saturated heterocycles. The van der Waals surface area contributed by atoms with Gasteiger partial charge < -0.3 is 25.2 Å². The molecule has 2 atom stereocenters. The largest absolute Gasteiger partial charge is 0.371 e. The number of aldehydes is 1. The van der Waals surface area contributed by atoms with E-state index >= 15 is 0 Å². The summed E-state index contributed by atoms with van der Waals surface area (Å²) in [6, 6.07) is 9.27. The quantitative estimate of drug-likeness (QED) is 0.255. The third-order valence-corrected chi connectivity index (χ3v) is 10.9. The molecule has 0 saturated carbocycles. The summed E-state index contributed by atoms with van der Waals surface area (Å²) in [5.74, 6) is -0.173. The summed E-state index contributed by atoms with van der Waals surface area (Å²) < 4.78 is 0. The Balaban J connectivity index is 0.972. The van der Waals surface area contributed by atoms with Crippen LogP contribution in [0.2, 0.25) is 0 Å². The third-order valence-electron chi connectivity index (χ3n) is 10.9. The molecular weight excluding hydrogens is 624 g/mol. The monoisotopic (exact) mass is 672 g/mol. The van der Waals surface area contributed by atoms with Gasteiger partial charge in [0.1, 0.15) is 18.1 Å². The summed E-state index contributed by atoms with van der Waals surface area (Å²) in [5.41, 5.74) is 2.64. The number of hydrogen-bond acceptors (Lipinski definition) is 10. The molecule has 2 unspecified atom stereocenters. The molecule has 2 N–H and O–H groups in total. The van der Waals surface area contributed by atoms with Crippen molar-refractivity contribution in [3.8, 4) is 0 Å². The first-order valence-electron chi connectivity index (χ1n) is 17.6. The fourth-order valence-corrected chi connectivity index (χ4v) is 8.04. The number of aromatic nitrogens is 1. The summed E-state index contributed by atoms with van der Waals surface area (Å²) in [5, 5.41) is 5.11. The van der Waals surface area contributed by atoms with Crippen LogP contribution in [0.25, 0.3) is 0 Å². The van der Waals surface area contributed by atoms with Crippen LogP contribution < -0.4 is 20.4 Å². The number of piperidine rings is 2. The predicted molar refractivity (Wildman–Crippen MR) is 187 cm³/mol. The highest BCUT2D eigenvalue weighted by atomic mass is 16.2. The second kappa shape index (κ2) is 15.5. The van der Waals surface area contributed by atoms with Crippen molar-refractivity contribution < 1.29 is 24.0 Å². The van der Waals surface area contributed by atoms with Crippen LogP contribution in [-0.2, 0) is 14.4 Å². The minimum Gasteiger partial charge on any atom is -0.371 e. The number of carbonyl (C=O) groups is 5. The van der Waals surface area contributed by atoms with Crippen LogP contribution in [0.4, 0.5) is 17.2 Å². The smallest absolute Gasteiger partial charge is 0.262 e. The van der Waals surface area contributed by atoms with Crippen molar-refractivity contribution in [2.45, 2.75) is 63.6 Å². The Kier molecular flexibility index (Phi) is 10.9. The summed E-state index contributed by atoms with van der Waals surface area (Å²) in [7, 11) is 1.46. The van der Waals surface area contributed by atoms with Crippen molar-refractivity contribution in [2.75, 3.05) is 74.5 Å². The van der Waals surface area contributed by atoms with Crippen LogP contribution in [-0.4, -0.2) is 128 Å². The van der Waals surface area contributed by atoms with Gasteiger partial charge in [0, 0.05) is 83.6 Å². The van der Waals surface area contributed by atoms with Crippen molar-refractivity contribution in [1.82, 2.24) is 25.0 Å². The average Bonchev–Trinajstić information content (AvgIpc) is 3.38. The maximum absolute atomic E-state index is 13.4. The minimum atomic E-state index is -1.02. The fourth-order valence-electron chi connectivity index (χ4n) is 8.04. The van der Waals surface area contributed by atoms with E-state index in [1.54, 1.807) is 12.1 Å². The van der Waals surface area contributed by atoms with E-state index in [2.05, 4.69) is 42.1 Å². The molecule has 4 amide bonds. The molecule has 0 radical (unpaired) electrons. The molecule has 0 bridgehead atoms. The molecular formula is C36H48N8O5. The predicted octanol–water partition coefficient (Wildman–Crippen LogP) is 2.23. The van der Waals surface area contributed by atoms with Crippen LogP contribution in [0.5, 0.6) is 0 Å². The molecule has 1 aromatic carbocycles. The van der Waals surface area contributed by atoms with E-state index in [9.17, 15) is 24.0 Å². The van der Waals surface area contributed by atoms with Crippen LogP contribution in [0.15, 0.2) is 36.5 Å². The Morgan fingerprint density at radius 1 is 0.918 bits per heavy atom. The summed E-state index contributed by atoms with van der Waals surface area (Å²) >= 11 is 0. The molecule has 6 rings (SSSR count). The number of rotatable bonds is 12. The maximum atomic E-state index is 13.4. The molecule has 13 heteroatoms. The number of anilines is 3. The normalized spacial score (nSPS) is 21.8. The van der Waals surface area contributed by atoms with Gasteiger partial charge in [-0.15, -0.1) is 0 Å². The van der Waals surface area contributed by atoms with Gasteiger partial charge in [-0.05, 0) is 75.3 Å². The number of nitrogens with one attached hydrogen (secondary N) is 2. The second-order valence-electron chi connectivity index (χ2n) is 13.7. The number of fused-ring (bicyclic) bond motifs is 1. The SMILES string of the molecule is CNC(=O)C(CCC=O)N1C(=O)c2ccc(N3CCC(N4CCN(CC5CCN(c6ccc(NC=O)nc6)CC5)C(C)C4)CC3)cc2C1=O. The third kappa shape index (κ3) is 7.47. The van der Waals surface area contributed by atoms with Crippen molar-refractivity contribution in [3.63, 3.8) is 0 Å². The number of likely N-dealkylation sites (N-methyl/N-ethyl adjacent to an activating group) is 1. The molecule has 49 heavy (non-hydrogen) atoms. The highest BCUT2D eigenvalue weighted by Gasteiger charge is 2.43. The lowest BCUT2D eigenvalue weighted by atomic mass is 9.94. The molecule has 2 aromatic rings. The molecule has 0 spiro atoms. The van der Waals surface area contributed by atoms with E-state index in [-0.39, 0.29) is 12.8 Å². The zero-order chi connectivity index (χ0) is 34.5. The van der Waals surface area contributed by atoms with Gasteiger partial charge in [-0.25, -0.2) is 4.98 Å². The number of pyridine rings is 1. The number of benzene rings is 1. The van der Waals surface area contributed by atoms with E-state index in [0.29, 0.717) is 47.6 Å².